The summed E-state index contributed by atoms with van der Waals surface area (Å²) in [5, 5.41) is 21.4. The summed E-state index contributed by atoms with van der Waals surface area (Å²) >= 11 is 0. The fraction of sp³-hybridized carbons (Fsp3) is 0.474. The SMILES string of the molecule is CC(C)CNC(=O)[C@H](CC(=O)O)NC(=O)CCCOc1ccc(C(=N)N)cc1. The number of nitrogens with one attached hydrogen (secondary N) is 3. The van der Waals surface area contributed by atoms with E-state index in [9.17, 15) is 14.4 Å². The van der Waals surface area contributed by atoms with Gasteiger partial charge in [0.2, 0.25) is 11.8 Å². The minimum Gasteiger partial charge on any atom is -0.494 e. The fourth-order valence-electron chi connectivity index (χ4n) is 2.23. The maximum atomic E-state index is 12.1. The summed E-state index contributed by atoms with van der Waals surface area (Å²) in [6.45, 7) is 4.51. The van der Waals surface area contributed by atoms with Crippen molar-refractivity contribution in [2.75, 3.05) is 13.2 Å². The molecule has 0 spiro atoms. The van der Waals surface area contributed by atoms with E-state index in [2.05, 4.69) is 10.6 Å². The van der Waals surface area contributed by atoms with Crippen molar-refractivity contribution < 1.29 is 24.2 Å². The van der Waals surface area contributed by atoms with E-state index in [1.54, 1.807) is 24.3 Å². The Morgan fingerprint density at radius 2 is 1.86 bits per heavy atom. The zero-order chi connectivity index (χ0) is 21.1. The zero-order valence-electron chi connectivity index (χ0n) is 16.2. The Morgan fingerprint density at radius 1 is 1.21 bits per heavy atom. The van der Waals surface area contributed by atoms with E-state index in [4.69, 9.17) is 21.0 Å². The van der Waals surface area contributed by atoms with E-state index in [1.165, 1.54) is 0 Å². The molecule has 0 radical (unpaired) electrons. The normalized spacial score (nSPS) is 11.5. The monoisotopic (exact) mass is 392 g/mol. The van der Waals surface area contributed by atoms with Gasteiger partial charge in [0.25, 0.3) is 0 Å². The van der Waals surface area contributed by atoms with Crippen molar-refractivity contribution in [2.24, 2.45) is 11.7 Å². The first-order chi connectivity index (χ1) is 13.2. The Labute approximate surface area is 164 Å². The highest BCUT2D eigenvalue weighted by Gasteiger charge is 2.23. The minimum atomic E-state index is -1.16. The second kappa shape index (κ2) is 11.6. The second-order valence-electron chi connectivity index (χ2n) is 6.75. The molecule has 1 aromatic rings. The molecule has 0 saturated carbocycles. The van der Waals surface area contributed by atoms with Crippen LogP contribution in [0.4, 0.5) is 0 Å². The molecule has 0 aliphatic carbocycles. The maximum absolute atomic E-state index is 12.1. The first-order valence-electron chi connectivity index (χ1n) is 9.05. The number of nitrogen functional groups attached to an aromatic ring is 1. The van der Waals surface area contributed by atoms with E-state index < -0.39 is 30.2 Å². The fourth-order valence-corrected chi connectivity index (χ4v) is 2.23. The Balaban J connectivity index is 2.41. The van der Waals surface area contributed by atoms with Gasteiger partial charge in [0.05, 0.1) is 13.0 Å². The van der Waals surface area contributed by atoms with Crippen molar-refractivity contribution in [1.29, 1.82) is 5.41 Å². The summed E-state index contributed by atoms with van der Waals surface area (Å²) < 4.78 is 5.51. The number of nitrogens with two attached hydrogens (primary N) is 1. The van der Waals surface area contributed by atoms with E-state index in [0.29, 0.717) is 24.3 Å². The molecule has 0 aliphatic rings. The van der Waals surface area contributed by atoms with Crippen LogP contribution in [0.25, 0.3) is 0 Å². The molecular formula is C19H28N4O5. The van der Waals surface area contributed by atoms with Crippen LogP contribution in [0.1, 0.15) is 38.7 Å². The summed E-state index contributed by atoms with van der Waals surface area (Å²) in [5.41, 5.74) is 5.97. The molecule has 0 unspecified atom stereocenters. The molecule has 2 amide bonds. The third kappa shape index (κ3) is 9.02. The quantitative estimate of drug-likeness (QED) is 0.202. The number of rotatable bonds is 12. The number of hydrogen-bond acceptors (Lipinski definition) is 5. The van der Waals surface area contributed by atoms with E-state index in [1.807, 2.05) is 13.8 Å². The zero-order valence-corrected chi connectivity index (χ0v) is 16.2. The van der Waals surface area contributed by atoms with Gasteiger partial charge in [-0.05, 0) is 36.6 Å². The topological polar surface area (TPSA) is 155 Å². The van der Waals surface area contributed by atoms with Gasteiger partial charge in [0.15, 0.2) is 0 Å². The van der Waals surface area contributed by atoms with Gasteiger partial charge < -0.3 is 26.2 Å². The highest BCUT2D eigenvalue weighted by molar-refractivity contribution is 5.95. The highest BCUT2D eigenvalue weighted by atomic mass is 16.5. The predicted octanol–water partition coefficient (Wildman–Crippen LogP) is 0.861. The molecule has 1 atom stereocenters. The van der Waals surface area contributed by atoms with Gasteiger partial charge in [-0.15, -0.1) is 0 Å². The molecule has 9 heteroatoms. The molecule has 0 fully saturated rings. The van der Waals surface area contributed by atoms with Crippen molar-refractivity contribution in [2.45, 2.75) is 39.2 Å². The van der Waals surface area contributed by atoms with Gasteiger partial charge in [-0.2, -0.15) is 0 Å². The molecule has 9 nitrogen and oxygen atoms in total. The molecular weight excluding hydrogens is 364 g/mol. The van der Waals surface area contributed by atoms with Crippen LogP contribution in [0.2, 0.25) is 0 Å². The maximum Gasteiger partial charge on any atom is 0.305 e. The van der Waals surface area contributed by atoms with Crippen molar-refractivity contribution >= 4 is 23.6 Å². The molecule has 0 bridgehead atoms. The molecule has 0 saturated heterocycles. The summed E-state index contributed by atoms with van der Waals surface area (Å²) in [4.78, 5) is 35.0. The van der Waals surface area contributed by atoms with E-state index in [0.717, 1.165) is 0 Å². The summed E-state index contributed by atoms with van der Waals surface area (Å²) in [7, 11) is 0. The number of carbonyl (C=O) groups is 3. The number of carboxylic acid groups (broad SMARTS) is 1. The van der Waals surface area contributed by atoms with Crippen molar-refractivity contribution in [3.05, 3.63) is 29.8 Å². The Morgan fingerprint density at radius 3 is 2.39 bits per heavy atom. The minimum absolute atomic E-state index is 0.0310. The van der Waals surface area contributed by atoms with Crippen LogP contribution in [0.5, 0.6) is 5.75 Å². The van der Waals surface area contributed by atoms with Crippen LogP contribution in [-0.2, 0) is 14.4 Å². The van der Waals surface area contributed by atoms with Crippen LogP contribution in [0.3, 0.4) is 0 Å². The molecule has 0 aliphatic heterocycles. The third-order valence-electron chi connectivity index (χ3n) is 3.70. The van der Waals surface area contributed by atoms with Crippen LogP contribution >= 0.6 is 0 Å². The van der Waals surface area contributed by atoms with Crippen molar-refractivity contribution in [3.63, 3.8) is 0 Å². The van der Waals surface area contributed by atoms with Gasteiger partial charge in [-0.25, -0.2) is 0 Å². The number of benzene rings is 1. The van der Waals surface area contributed by atoms with E-state index >= 15 is 0 Å². The third-order valence-corrected chi connectivity index (χ3v) is 3.70. The smallest absolute Gasteiger partial charge is 0.305 e. The van der Waals surface area contributed by atoms with Crippen LogP contribution in [0, 0.1) is 11.3 Å². The van der Waals surface area contributed by atoms with Crippen LogP contribution < -0.4 is 21.1 Å². The Kier molecular flexibility index (Phi) is 9.49. The number of ether oxygens (including phenoxy) is 1. The molecule has 1 aromatic carbocycles. The predicted molar refractivity (Wildman–Crippen MR) is 104 cm³/mol. The van der Waals surface area contributed by atoms with Gasteiger partial charge >= 0.3 is 5.97 Å². The summed E-state index contributed by atoms with van der Waals surface area (Å²) in [6, 6.07) is 5.58. The number of aliphatic carboxylic acids is 1. The second-order valence-corrected chi connectivity index (χ2v) is 6.75. The Bertz CT molecular complexity index is 688. The standard InChI is InChI=1S/C19H28N4O5/c1-12(2)11-22-19(27)15(10-17(25)26)23-16(24)4-3-9-28-14-7-5-13(6-8-14)18(20)21/h5-8,12,15H,3-4,9-11H2,1-2H3,(H3,20,21)(H,22,27)(H,23,24)(H,25,26)/t15-/m0/s1. The van der Waals surface area contributed by atoms with Crippen molar-refractivity contribution in [1.82, 2.24) is 10.6 Å². The average Bonchev–Trinajstić information content (AvgIpc) is 2.62. The first-order valence-corrected chi connectivity index (χ1v) is 9.05. The van der Waals surface area contributed by atoms with Gasteiger partial charge in [-0.3, -0.25) is 19.8 Å². The number of carboxylic acids is 1. The molecule has 6 N–H and O–H groups in total. The lowest BCUT2D eigenvalue weighted by Crippen LogP contribution is -2.48. The lowest BCUT2D eigenvalue weighted by molar-refractivity contribution is -0.140. The van der Waals surface area contributed by atoms with Gasteiger partial charge in [0.1, 0.15) is 17.6 Å². The molecule has 0 aromatic heterocycles. The molecule has 0 heterocycles. The first kappa shape index (κ1) is 22.9. The number of carbonyl (C=O) groups excluding carboxylic acids is 2. The molecule has 28 heavy (non-hydrogen) atoms. The largest absolute Gasteiger partial charge is 0.494 e. The lowest BCUT2D eigenvalue weighted by Gasteiger charge is -2.17. The lowest BCUT2D eigenvalue weighted by atomic mass is 10.1. The van der Waals surface area contributed by atoms with Crippen molar-refractivity contribution in [3.8, 4) is 5.75 Å². The van der Waals surface area contributed by atoms with Gasteiger partial charge in [0, 0.05) is 18.5 Å². The number of amides is 2. The van der Waals surface area contributed by atoms with Crippen LogP contribution in [0.15, 0.2) is 24.3 Å². The highest BCUT2D eigenvalue weighted by Crippen LogP contribution is 2.12. The average molecular weight is 392 g/mol. The van der Waals surface area contributed by atoms with Gasteiger partial charge in [-0.1, -0.05) is 13.8 Å². The van der Waals surface area contributed by atoms with E-state index in [-0.39, 0.29) is 24.8 Å². The molecule has 1 rings (SSSR count). The summed E-state index contributed by atoms with van der Waals surface area (Å²) in [5.74, 6) is -1.32. The number of amidine groups is 1. The molecule has 154 valence electrons. The number of hydrogen-bond donors (Lipinski definition) is 5. The van der Waals surface area contributed by atoms with Crippen LogP contribution in [-0.4, -0.2) is 47.9 Å². The Hall–Kier alpha value is -3.10. The summed E-state index contributed by atoms with van der Waals surface area (Å²) in [6.07, 6.45) is 0.0153.